The summed E-state index contributed by atoms with van der Waals surface area (Å²) in [7, 11) is 0. The fraction of sp³-hybridized carbons (Fsp3) is 0.182. The molecule has 0 fully saturated rings. The van der Waals surface area contributed by atoms with Crippen molar-refractivity contribution in [1.82, 2.24) is 5.32 Å². The second-order valence-electron chi connectivity index (χ2n) is 3.51. The van der Waals surface area contributed by atoms with Crippen LogP contribution in [0.1, 0.15) is 6.92 Å². The molecule has 0 saturated carbocycles. The van der Waals surface area contributed by atoms with Gasteiger partial charge in [-0.15, -0.1) is 5.10 Å². The van der Waals surface area contributed by atoms with Gasteiger partial charge in [0, 0.05) is 6.92 Å². The molecule has 1 aromatic carbocycles. The molecule has 1 N–H and O–H groups in total. The van der Waals surface area contributed by atoms with Crippen LogP contribution >= 0.6 is 15.9 Å². The van der Waals surface area contributed by atoms with Crippen molar-refractivity contribution in [3.8, 4) is 0 Å². The number of carbonyl (C=O) groups excluding carboxylic acids is 2. The molecule has 1 aromatic rings. The highest BCUT2D eigenvalue weighted by molar-refractivity contribution is 9.10. The van der Waals surface area contributed by atoms with Crippen LogP contribution in [0.15, 0.2) is 35.4 Å². The van der Waals surface area contributed by atoms with E-state index in [1.807, 2.05) is 18.2 Å². The molecule has 0 unspecified atom stereocenters. The molecule has 6 heteroatoms. The maximum Gasteiger partial charge on any atom is 0.269 e. The monoisotopic (exact) mass is 295 g/mol. The Morgan fingerprint density at radius 2 is 2.06 bits per heavy atom. The average Bonchev–Trinajstić information content (AvgIpc) is 2.58. The summed E-state index contributed by atoms with van der Waals surface area (Å²) in [5.74, 6) is -0.165. The standard InChI is InChI=1S/C11H10BrN3O2/c1-7(16)13-10-9(12)11(17)15(14-10)8-5-3-2-4-6-8/h2-6,9H,1H3,(H,13,14,16)/t9-/m0/s1. The number of hydrazone groups is 1. The average molecular weight is 296 g/mol. The lowest BCUT2D eigenvalue weighted by molar-refractivity contribution is -0.117. The van der Waals surface area contributed by atoms with Crippen LogP contribution in [0.5, 0.6) is 0 Å². The Labute approximate surface area is 107 Å². The lowest BCUT2D eigenvalue weighted by Crippen LogP contribution is -2.35. The molecule has 0 aromatic heterocycles. The molecule has 2 amide bonds. The van der Waals surface area contributed by atoms with Crippen molar-refractivity contribution in [3.63, 3.8) is 0 Å². The van der Waals surface area contributed by atoms with Gasteiger partial charge in [-0.1, -0.05) is 34.1 Å². The zero-order valence-electron chi connectivity index (χ0n) is 9.05. The molecule has 0 saturated heterocycles. The maximum atomic E-state index is 11.9. The number of halogens is 1. The number of anilines is 1. The zero-order chi connectivity index (χ0) is 12.4. The number of hydrogen-bond acceptors (Lipinski definition) is 3. The van der Waals surface area contributed by atoms with Crippen LogP contribution in [0.25, 0.3) is 0 Å². The van der Waals surface area contributed by atoms with E-state index >= 15 is 0 Å². The van der Waals surface area contributed by atoms with Crippen molar-refractivity contribution < 1.29 is 9.59 Å². The topological polar surface area (TPSA) is 61.8 Å². The van der Waals surface area contributed by atoms with Crippen molar-refractivity contribution in [2.24, 2.45) is 5.10 Å². The minimum Gasteiger partial charge on any atom is -0.312 e. The third kappa shape index (κ3) is 2.36. The zero-order valence-corrected chi connectivity index (χ0v) is 10.6. The third-order valence-corrected chi connectivity index (χ3v) is 3.00. The van der Waals surface area contributed by atoms with E-state index in [2.05, 4.69) is 26.3 Å². The molecule has 5 nitrogen and oxygen atoms in total. The van der Waals surface area contributed by atoms with E-state index in [-0.39, 0.29) is 11.8 Å². The van der Waals surface area contributed by atoms with Gasteiger partial charge < -0.3 is 5.32 Å². The predicted octanol–water partition coefficient (Wildman–Crippen LogP) is 1.25. The number of amidine groups is 1. The number of carbonyl (C=O) groups is 2. The summed E-state index contributed by atoms with van der Waals surface area (Å²) >= 11 is 3.20. The van der Waals surface area contributed by atoms with Crippen LogP contribution in [0.4, 0.5) is 5.69 Å². The number of hydrogen-bond donors (Lipinski definition) is 1. The van der Waals surface area contributed by atoms with Crippen molar-refractivity contribution in [2.75, 3.05) is 5.01 Å². The Hall–Kier alpha value is -1.69. The predicted molar refractivity (Wildman–Crippen MR) is 67.9 cm³/mol. The molecule has 1 heterocycles. The van der Waals surface area contributed by atoms with Crippen LogP contribution in [-0.2, 0) is 9.59 Å². The highest BCUT2D eigenvalue weighted by Gasteiger charge is 2.35. The Balaban J connectivity index is 2.28. The van der Waals surface area contributed by atoms with E-state index in [0.29, 0.717) is 11.5 Å². The number of para-hydroxylation sites is 1. The van der Waals surface area contributed by atoms with E-state index < -0.39 is 4.83 Å². The summed E-state index contributed by atoms with van der Waals surface area (Å²) in [6, 6.07) is 9.04. The summed E-state index contributed by atoms with van der Waals surface area (Å²) < 4.78 is 0. The molecule has 1 aliphatic rings. The molecular weight excluding hydrogens is 286 g/mol. The summed E-state index contributed by atoms with van der Waals surface area (Å²) in [6.45, 7) is 1.37. The summed E-state index contributed by atoms with van der Waals surface area (Å²) in [6.07, 6.45) is 0. The molecule has 1 aliphatic heterocycles. The van der Waals surface area contributed by atoms with Gasteiger partial charge in [0.15, 0.2) is 10.7 Å². The smallest absolute Gasteiger partial charge is 0.269 e. The van der Waals surface area contributed by atoms with Crippen LogP contribution in [0.3, 0.4) is 0 Å². The highest BCUT2D eigenvalue weighted by atomic mass is 79.9. The van der Waals surface area contributed by atoms with Gasteiger partial charge >= 0.3 is 0 Å². The normalized spacial score (nSPS) is 19.2. The molecule has 0 spiro atoms. The van der Waals surface area contributed by atoms with Crippen molar-refractivity contribution in [2.45, 2.75) is 11.8 Å². The van der Waals surface area contributed by atoms with Crippen molar-refractivity contribution in [1.29, 1.82) is 0 Å². The quantitative estimate of drug-likeness (QED) is 0.793. The molecule has 0 aliphatic carbocycles. The molecule has 17 heavy (non-hydrogen) atoms. The van der Waals surface area contributed by atoms with Gasteiger partial charge in [0.1, 0.15) is 0 Å². The van der Waals surface area contributed by atoms with Gasteiger partial charge in [0.25, 0.3) is 5.91 Å². The number of nitrogens with zero attached hydrogens (tertiary/aromatic N) is 2. The van der Waals surface area contributed by atoms with Crippen LogP contribution in [0.2, 0.25) is 0 Å². The largest absolute Gasteiger partial charge is 0.312 e. The van der Waals surface area contributed by atoms with Crippen molar-refractivity contribution >= 4 is 39.3 Å². The lowest BCUT2D eigenvalue weighted by Gasteiger charge is -2.11. The van der Waals surface area contributed by atoms with E-state index in [9.17, 15) is 9.59 Å². The minimum absolute atomic E-state index is 0.222. The van der Waals surface area contributed by atoms with E-state index in [1.165, 1.54) is 11.9 Å². The van der Waals surface area contributed by atoms with Gasteiger partial charge in [0.2, 0.25) is 5.91 Å². The molecule has 88 valence electrons. The van der Waals surface area contributed by atoms with Gasteiger partial charge in [-0.2, -0.15) is 5.01 Å². The molecule has 1 atom stereocenters. The van der Waals surface area contributed by atoms with Gasteiger partial charge in [0.05, 0.1) is 5.69 Å². The molecule has 2 rings (SSSR count). The molecular formula is C11H10BrN3O2. The summed E-state index contributed by atoms with van der Waals surface area (Å²) in [5, 5.41) is 7.87. The van der Waals surface area contributed by atoms with Gasteiger partial charge in [-0.05, 0) is 12.1 Å². The second kappa shape index (κ2) is 4.67. The number of nitrogens with one attached hydrogen (secondary N) is 1. The number of rotatable bonds is 1. The Kier molecular flexibility index (Phi) is 3.23. The maximum absolute atomic E-state index is 11.9. The second-order valence-corrected chi connectivity index (χ2v) is 4.43. The molecule has 0 bridgehead atoms. The Bertz CT molecular complexity index is 487. The molecule has 0 radical (unpaired) electrons. The number of benzene rings is 1. The lowest BCUT2D eigenvalue weighted by atomic mass is 10.3. The fourth-order valence-electron chi connectivity index (χ4n) is 1.45. The summed E-state index contributed by atoms with van der Waals surface area (Å²) in [4.78, 5) is 22.3. The van der Waals surface area contributed by atoms with E-state index in [1.54, 1.807) is 12.1 Å². The van der Waals surface area contributed by atoms with Gasteiger partial charge in [-0.25, -0.2) is 0 Å². The Morgan fingerprint density at radius 3 is 2.65 bits per heavy atom. The SMILES string of the molecule is CC(=O)NC1=NN(c2ccccc2)C(=O)[C@H]1Br. The minimum atomic E-state index is -0.605. The number of amides is 2. The van der Waals surface area contributed by atoms with Crippen LogP contribution in [-0.4, -0.2) is 22.5 Å². The highest BCUT2D eigenvalue weighted by Crippen LogP contribution is 2.22. The van der Waals surface area contributed by atoms with Crippen LogP contribution < -0.4 is 10.3 Å². The van der Waals surface area contributed by atoms with Crippen LogP contribution in [0, 0.1) is 0 Å². The first-order chi connectivity index (χ1) is 8.09. The van der Waals surface area contributed by atoms with Crippen molar-refractivity contribution in [3.05, 3.63) is 30.3 Å². The Morgan fingerprint density at radius 1 is 1.41 bits per heavy atom. The number of alkyl halides is 1. The van der Waals surface area contributed by atoms with E-state index in [4.69, 9.17) is 0 Å². The van der Waals surface area contributed by atoms with Gasteiger partial charge in [-0.3, -0.25) is 9.59 Å². The first-order valence-electron chi connectivity index (χ1n) is 4.99. The fourth-order valence-corrected chi connectivity index (χ4v) is 1.85. The third-order valence-electron chi connectivity index (χ3n) is 2.18. The first kappa shape index (κ1) is 11.8. The first-order valence-corrected chi connectivity index (χ1v) is 5.90. The van der Waals surface area contributed by atoms with E-state index in [0.717, 1.165) is 0 Å². The summed E-state index contributed by atoms with van der Waals surface area (Å²) in [5.41, 5.74) is 0.669.